The van der Waals surface area contributed by atoms with Crippen molar-refractivity contribution in [3.63, 3.8) is 0 Å². The molecule has 4 rings (SSSR count). The first-order valence-electron chi connectivity index (χ1n) is 9.88. The number of carbonyl (C=O) groups excluding carboxylic acids is 1. The number of rotatable bonds is 6. The number of imidazole rings is 1. The van der Waals surface area contributed by atoms with E-state index in [4.69, 9.17) is 9.72 Å². The number of aromatic nitrogens is 2. The highest BCUT2D eigenvalue weighted by Crippen LogP contribution is 2.36. The molecule has 2 heterocycles. The number of nitrogens with zero attached hydrogens (tertiary/aromatic N) is 2. The fourth-order valence-corrected chi connectivity index (χ4v) is 4.58. The van der Waals surface area contributed by atoms with Crippen molar-refractivity contribution in [2.45, 2.75) is 23.8 Å². The van der Waals surface area contributed by atoms with Crippen LogP contribution in [0.5, 0.6) is 0 Å². The molecule has 2 aromatic carbocycles. The van der Waals surface area contributed by atoms with Crippen LogP contribution in [-0.2, 0) is 16.0 Å². The van der Waals surface area contributed by atoms with Crippen molar-refractivity contribution in [2.75, 3.05) is 26.3 Å². The summed E-state index contributed by atoms with van der Waals surface area (Å²) < 4.78 is 5.41. The van der Waals surface area contributed by atoms with E-state index in [1.807, 2.05) is 60.4 Å². The zero-order valence-electron chi connectivity index (χ0n) is 16.5. The molecule has 0 spiro atoms. The third-order valence-corrected chi connectivity index (χ3v) is 6.18. The number of amides is 1. The molecule has 0 radical (unpaired) electrons. The van der Waals surface area contributed by atoms with Gasteiger partial charge >= 0.3 is 0 Å². The number of ether oxygens (including phenoxy) is 1. The number of hydrogen-bond donors (Lipinski definition) is 1. The largest absolute Gasteiger partial charge is 0.378 e. The van der Waals surface area contributed by atoms with Gasteiger partial charge in [-0.1, -0.05) is 72.4 Å². The van der Waals surface area contributed by atoms with Gasteiger partial charge in [-0.05, 0) is 18.1 Å². The average Bonchev–Trinajstić information content (AvgIpc) is 3.12. The third kappa shape index (κ3) is 4.89. The Labute approximate surface area is 175 Å². The van der Waals surface area contributed by atoms with Crippen LogP contribution in [0.3, 0.4) is 0 Å². The first-order chi connectivity index (χ1) is 14.2. The Morgan fingerprint density at radius 3 is 2.45 bits per heavy atom. The van der Waals surface area contributed by atoms with Gasteiger partial charge in [0, 0.05) is 25.2 Å². The van der Waals surface area contributed by atoms with Crippen molar-refractivity contribution in [3.05, 3.63) is 83.2 Å². The highest BCUT2D eigenvalue weighted by molar-refractivity contribution is 8.00. The highest BCUT2D eigenvalue weighted by atomic mass is 32.2. The molecule has 0 unspecified atom stereocenters. The smallest absolute Gasteiger partial charge is 0.240 e. The van der Waals surface area contributed by atoms with Crippen LogP contribution in [0.1, 0.15) is 27.8 Å². The standard InChI is InChI=1S/C23H25N3O2S/c1-17-20(16-18-8-4-2-5-9-18)25-23(24-17)29-21(19-10-6-3-7-11-19)22(27)26-12-14-28-15-13-26/h2-11,21H,12-16H2,1H3,(H,24,25)/t21-/m1/s1. The maximum absolute atomic E-state index is 13.3. The number of aromatic amines is 1. The van der Waals surface area contributed by atoms with Crippen molar-refractivity contribution >= 4 is 17.7 Å². The molecule has 29 heavy (non-hydrogen) atoms. The van der Waals surface area contributed by atoms with Gasteiger partial charge < -0.3 is 14.6 Å². The molecule has 1 fully saturated rings. The molecule has 1 aliphatic rings. The number of aryl methyl sites for hydroxylation is 1. The zero-order valence-corrected chi connectivity index (χ0v) is 17.3. The summed E-state index contributed by atoms with van der Waals surface area (Å²) in [5, 5.41) is 0.452. The molecule has 5 nitrogen and oxygen atoms in total. The van der Waals surface area contributed by atoms with Crippen molar-refractivity contribution in [1.29, 1.82) is 0 Å². The highest BCUT2D eigenvalue weighted by Gasteiger charge is 2.29. The van der Waals surface area contributed by atoms with Crippen LogP contribution in [0.15, 0.2) is 65.8 Å². The minimum absolute atomic E-state index is 0.114. The van der Waals surface area contributed by atoms with Crippen LogP contribution in [0.25, 0.3) is 0 Å². The summed E-state index contributed by atoms with van der Waals surface area (Å²) in [5.74, 6) is 0.114. The number of H-pyrrole nitrogens is 1. The average molecular weight is 408 g/mol. The van der Waals surface area contributed by atoms with E-state index in [9.17, 15) is 4.79 Å². The van der Waals surface area contributed by atoms with Crippen molar-refractivity contribution in [3.8, 4) is 0 Å². The number of morpholine rings is 1. The Balaban J connectivity index is 1.56. The second-order valence-corrected chi connectivity index (χ2v) is 8.22. The zero-order chi connectivity index (χ0) is 20.1. The summed E-state index contributed by atoms with van der Waals surface area (Å²) in [6.45, 7) is 4.51. The molecule has 1 N–H and O–H groups in total. The van der Waals surface area contributed by atoms with Gasteiger partial charge in [0.25, 0.3) is 0 Å². The SMILES string of the molecule is Cc1[nH]c(S[C@@H](C(=O)N2CCOCC2)c2ccccc2)nc1Cc1ccccc1. The molecule has 1 amide bonds. The van der Waals surface area contributed by atoms with Crippen molar-refractivity contribution < 1.29 is 9.53 Å². The maximum atomic E-state index is 13.3. The van der Waals surface area contributed by atoms with Gasteiger partial charge in [-0.3, -0.25) is 4.79 Å². The minimum Gasteiger partial charge on any atom is -0.378 e. The number of nitrogens with one attached hydrogen (secondary N) is 1. The predicted octanol–water partition coefficient (Wildman–Crippen LogP) is 4.00. The van der Waals surface area contributed by atoms with Gasteiger partial charge in [0.05, 0.1) is 18.9 Å². The maximum Gasteiger partial charge on any atom is 0.240 e. The lowest BCUT2D eigenvalue weighted by Crippen LogP contribution is -2.42. The molecule has 0 saturated carbocycles. The molecule has 0 bridgehead atoms. The fourth-order valence-electron chi connectivity index (χ4n) is 3.43. The molecular weight excluding hydrogens is 382 g/mol. The van der Waals surface area contributed by atoms with Crippen LogP contribution in [0, 0.1) is 6.92 Å². The Morgan fingerprint density at radius 2 is 1.76 bits per heavy atom. The van der Waals surface area contributed by atoms with E-state index in [0.717, 1.165) is 28.5 Å². The number of thioether (sulfide) groups is 1. The van der Waals surface area contributed by atoms with E-state index in [2.05, 4.69) is 17.1 Å². The van der Waals surface area contributed by atoms with Crippen LogP contribution < -0.4 is 0 Å². The van der Waals surface area contributed by atoms with Gasteiger partial charge in [0.1, 0.15) is 5.25 Å². The number of carbonyl (C=O) groups is 1. The van der Waals surface area contributed by atoms with E-state index in [0.29, 0.717) is 26.3 Å². The first kappa shape index (κ1) is 19.7. The van der Waals surface area contributed by atoms with Crippen LogP contribution in [-0.4, -0.2) is 47.1 Å². The van der Waals surface area contributed by atoms with Crippen molar-refractivity contribution in [2.24, 2.45) is 0 Å². The van der Waals surface area contributed by atoms with E-state index >= 15 is 0 Å². The molecule has 150 valence electrons. The second kappa shape index (κ2) is 9.29. The lowest BCUT2D eigenvalue weighted by atomic mass is 10.1. The summed E-state index contributed by atoms with van der Waals surface area (Å²) in [4.78, 5) is 23.4. The molecule has 3 aromatic rings. The van der Waals surface area contributed by atoms with E-state index in [1.54, 1.807) is 0 Å². The third-order valence-electron chi connectivity index (χ3n) is 5.06. The summed E-state index contributed by atoms with van der Waals surface area (Å²) in [6, 6.07) is 20.3. The minimum atomic E-state index is -0.329. The van der Waals surface area contributed by atoms with E-state index < -0.39 is 0 Å². The Kier molecular flexibility index (Phi) is 6.32. The normalized spacial score (nSPS) is 15.3. The Bertz CT molecular complexity index is 937. The number of hydrogen-bond acceptors (Lipinski definition) is 4. The summed E-state index contributed by atoms with van der Waals surface area (Å²) in [6.07, 6.45) is 0.775. The van der Waals surface area contributed by atoms with E-state index in [-0.39, 0.29) is 11.2 Å². The van der Waals surface area contributed by atoms with Gasteiger partial charge in [-0.25, -0.2) is 4.98 Å². The summed E-state index contributed by atoms with van der Waals surface area (Å²) in [7, 11) is 0. The summed E-state index contributed by atoms with van der Waals surface area (Å²) in [5.41, 5.74) is 4.28. The molecular formula is C23H25N3O2S. The van der Waals surface area contributed by atoms with E-state index in [1.165, 1.54) is 17.3 Å². The second-order valence-electron chi connectivity index (χ2n) is 7.12. The van der Waals surface area contributed by atoms with Crippen LogP contribution >= 0.6 is 11.8 Å². The monoisotopic (exact) mass is 407 g/mol. The molecule has 1 aromatic heterocycles. The molecule has 6 heteroatoms. The predicted molar refractivity (Wildman–Crippen MR) is 115 cm³/mol. The van der Waals surface area contributed by atoms with Gasteiger partial charge in [-0.15, -0.1) is 0 Å². The molecule has 1 saturated heterocycles. The summed E-state index contributed by atoms with van der Waals surface area (Å²) >= 11 is 1.49. The van der Waals surface area contributed by atoms with Gasteiger partial charge in [0.15, 0.2) is 5.16 Å². The van der Waals surface area contributed by atoms with Crippen molar-refractivity contribution in [1.82, 2.24) is 14.9 Å². The number of benzene rings is 2. The first-order valence-corrected chi connectivity index (χ1v) is 10.8. The quantitative estimate of drug-likeness (QED) is 0.628. The fraction of sp³-hybridized carbons (Fsp3) is 0.304. The lowest BCUT2D eigenvalue weighted by Gasteiger charge is -2.30. The Morgan fingerprint density at radius 1 is 1.10 bits per heavy atom. The van der Waals surface area contributed by atoms with Gasteiger partial charge in [-0.2, -0.15) is 0 Å². The Hall–Kier alpha value is -2.57. The molecule has 1 aliphatic heterocycles. The van der Waals surface area contributed by atoms with Crippen LogP contribution in [0.2, 0.25) is 0 Å². The van der Waals surface area contributed by atoms with Gasteiger partial charge in [0.2, 0.25) is 5.91 Å². The lowest BCUT2D eigenvalue weighted by molar-refractivity contribution is -0.134. The molecule has 1 atom stereocenters. The topological polar surface area (TPSA) is 58.2 Å². The van der Waals surface area contributed by atoms with Crippen LogP contribution in [0.4, 0.5) is 0 Å². The molecule has 0 aliphatic carbocycles.